The number of benzene rings is 1. The summed E-state index contributed by atoms with van der Waals surface area (Å²) in [6.07, 6.45) is 4.76. The fourth-order valence-electron chi connectivity index (χ4n) is 3.51. The Kier molecular flexibility index (Phi) is 4.94. The van der Waals surface area contributed by atoms with Gasteiger partial charge in [-0.3, -0.25) is 0 Å². The van der Waals surface area contributed by atoms with Gasteiger partial charge in [-0.15, -0.1) is 0 Å². The van der Waals surface area contributed by atoms with E-state index in [-0.39, 0.29) is 0 Å². The van der Waals surface area contributed by atoms with Crippen LogP contribution < -0.4 is 4.90 Å². The van der Waals surface area contributed by atoms with E-state index in [9.17, 15) is 0 Å². The van der Waals surface area contributed by atoms with Gasteiger partial charge in [-0.2, -0.15) is 4.68 Å². The van der Waals surface area contributed by atoms with Crippen molar-refractivity contribution in [2.24, 2.45) is 0 Å². The van der Waals surface area contributed by atoms with E-state index in [0.717, 1.165) is 63.6 Å². The third-order valence-corrected chi connectivity index (χ3v) is 5.01. The number of aromatic nitrogens is 4. The zero-order valence-corrected chi connectivity index (χ0v) is 14.7. The molecule has 0 spiro atoms. The average molecular weight is 343 g/mol. The largest absolute Gasteiger partial charge is 0.381 e. The first-order chi connectivity index (χ1) is 12.3. The van der Waals surface area contributed by atoms with Gasteiger partial charge in [0.25, 0.3) is 0 Å². The third-order valence-electron chi connectivity index (χ3n) is 5.01. The van der Waals surface area contributed by atoms with E-state index in [1.807, 2.05) is 4.68 Å². The van der Waals surface area contributed by atoms with Gasteiger partial charge >= 0.3 is 0 Å². The Morgan fingerprint density at radius 3 is 2.40 bits per heavy atom. The maximum atomic E-state index is 6.26. The lowest BCUT2D eigenvalue weighted by Crippen LogP contribution is -2.40. The van der Waals surface area contributed by atoms with E-state index in [2.05, 4.69) is 51.6 Å². The highest BCUT2D eigenvalue weighted by atomic mass is 16.5. The molecule has 4 rings (SSSR count). The number of tetrazole rings is 1. The van der Waals surface area contributed by atoms with Crippen LogP contribution in [-0.4, -0.2) is 58.7 Å². The predicted molar refractivity (Wildman–Crippen MR) is 94.1 cm³/mol. The maximum Gasteiger partial charge on any atom is 0.250 e. The lowest BCUT2D eigenvalue weighted by atomic mass is 10.1. The highest BCUT2D eigenvalue weighted by Gasteiger charge is 2.26. The molecule has 1 aromatic carbocycles. The first-order valence-electron chi connectivity index (χ1n) is 9.13. The molecule has 7 nitrogen and oxygen atoms in total. The van der Waals surface area contributed by atoms with Crippen LogP contribution in [0.1, 0.15) is 31.2 Å². The molecular weight excluding hydrogens is 318 g/mol. The molecule has 0 unspecified atom stereocenters. The van der Waals surface area contributed by atoms with Gasteiger partial charge in [0.1, 0.15) is 0 Å². The number of ether oxygens (including phenoxy) is 2. The molecule has 2 aliphatic heterocycles. The average Bonchev–Trinajstić information content (AvgIpc) is 3.14. The first-order valence-corrected chi connectivity index (χ1v) is 9.13. The highest BCUT2D eigenvalue weighted by molar-refractivity contribution is 5.41. The van der Waals surface area contributed by atoms with E-state index in [1.54, 1.807) is 0 Å². The van der Waals surface area contributed by atoms with Crippen molar-refractivity contribution in [3.8, 4) is 5.69 Å². The van der Waals surface area contributed by atoms with Crippen LogP contribution in [-0.2, 0) is 9.47 Å². The summed E-state index contributed by atoms with van der Waals surface area (Å²) in [5.74, 6) is 0.813. The normalized spacial score (nSPS) is 20.1. The number of piperidine rings is 1. The Morgan fingerprint density at radius 1 is 1.00 bits per heavy atom. The summed E-state index contributed by atoms with van der Waals surface area (Å²) in [6, 6.07) is 8.26. The summed E-state index contributed by atoms with van der Waals surface area (Å²) in [5, 5.41) is 12.3. The molecule has 2 fully saturated rings. The predicted octanol–water partition coefficient (Wildman–Crippen LogP) is 2.14. The van der Waals surface area contributed by atoms with Gasteiger partial charge in [0, 0.05) is 26.3 Å². The summed E-state index contributed by atoms with van der Waals surface area (Å²) in [7, 11) is 0. The molecule has 2 aromatic rings. The molecule has 1 aromatic heterocycles. The maximum absolute atomic E-state index is 6.26. The highest BCUT2D eigenvalue weighted by Crippen LogP contribution is 2.24. The van der Waals surface area contributed by atoms with Crippen molar-refractivity contribution in [3.63, 3.8) is 0 Å². The fourth-order valence-corrected chi connectivity index (χ4v) is 3.51. The smallest absolute Gasteiger partial charge is 0.250 e. The van der Waals surface area contributed by atoms with Crippen molar-refractivity contribution in [3.05, 3.63) is 29.8 Å². The molecule has 0 bridgehead atoms. The number of rotatable bonds is 4. The molecule has 0 radical (unpaired) electrons. The van der Waals surface area contributed by atoms with E-state index >= 15 is 0 Å². The second-order valence-electron chi connectivity index (χ2n) is 6.86. The summed E-state index contributed by atoms with van der Waals surface area (Å²) < 4.78 is 13.5. The van der Waals surface area contributed by atoms with Crippen molar-refractivity contribution >= 4 is 5.95 Å². The summed E-state index contributed by atoms with van der Waals surface area (Å²) in [5.41, 5.74) is 2.22. The number of aryl methyl sites for hydroxylation is 1. The van der Waals surface area contributed by atoms with Crippen LogP contribution in [0.3, 0.4) is 0 Å². The van der Waals surface area contributed by atoms with Gasteiger partial charge in [0.15, 0.2) is 0 Å². The van der Waals surface area contributed by atoms with E-state index in [0.29, 0.717) is 12.2 Å². The number of hydrogen-bond acceptors (Lipinski definition) is 6. The number of hydrogen-bond donors (Lipinski definition) is 0. The van der Waals surface area contributed by atoms with E-state index in [4.69, 9.17) is 9.47 Å². The molecule has 25 heavy (non-hydrogen) atoms. The lowest BCUT2D eigenvalue weighted by molar-refractivity contribution is -0.0744. The Labute approximate surface area is 147 Å². The molecule has 2 aliphatic rings. The summed E-state index contributed by atoms with van der Waals surface area (Å²) in [6.45, 7) is 5.57. The Morgan fingerprint density at radius 2 is 1.68 bits per heavy atom. The zero-order chi connectivity index (χ0) is 17.1. The van der Waals surface area contributed by atoms with Crippen LogP contribution in [0.5, 0.6) is 0 Å². The van der Waals surface area contributed by atoms with Gasteiger partial charge in [-0.25, -0.2) is 0 Å². The van der Waals surface area contributed by atoms with Crippen molar-refractivity contribution in [2.45, 2.75) is 44.8 Å². The van der Waals surface area contributed by atoms with Crippen LogP contribution >= 0.6 is 0 Å². The number of nitrogens with zero attached hydrogens (tertiary/aromatic N) is 5. The molecular formula is C18H25N5O2. The van der Waals surface area contributed by atoms with Crippen LogP contribution in [0.4, 0.5) is 5.95 Å². The summed E-state index contributed by atoms with van der Waals surface area (Å²) in [4.78, 5) is 2.25. The second-order valence-corrected chi connectivity index (χ2v) is 6.86. The van der Waals surface area contributed by atoms with E-state index in [1.165, 1.54) is 5.56 Å². The monoisotopic (exact) mass is 343 g/mol. The molecule has 3 heterocycles. The molecule has 2 saturated heterocycles. The quantitative estimate of drug-likeness (QED) is 0.847. The number of anilines is 1. The second kappa shape index (κ2) is 7.49. The van der Waals surface area contributed by atoms with Gasteiger partial charge in [0.05, 0.1) is 17.9 Å². The topological polar surface area (TPSA) is 65.3 Å². The minimum Gasteiger partial charge on any atom is -0.381 e. The van der Waals surface area contributed by atoms with Gasteiger partial charge in [0.2, 0.25) is 5.95 Å². The third kappa shape index (κ3) is 3.82. The molecule has 7 heteroatoms. The van der Waals surface area contributed by atoms with Crippen molar-refractivity contribution < 1.29 is 9.47 Å². The first kappa shape index (κ1) is 16.5. The summed E-state index contributed by atoms with van der Waals surface area (Å²) >= 11 is 0. The van der Waals surface area contributed by atoms with Crippen molar-refractivity contribution in [1.29, 1.82) is 0 Å². The molecule has 0 aliphatic carbocycles. The minimum absolute atomic E-state index is 0.336. The Hall–Kier alpha value is -1.99. The molecule has 0 atom stereocenters. The fraction of sp³-hybridized carbons (Fsp3) is 0.611. The van der Waals surface area contributed by atoms with Gasteiger partial charge in [-0.05, 0) is 55.2 Å². The van der Waals surface area contributed by atoms with Gasteiger partial charge < -0.3 is 14.4 Å². The molecule has 134 valence electrons. The standard InChI is InChI=1S/C18H25N5O2/c1-14-2-4-15(5-3-14)23-18(19-20-21-23)22-10-6-16(7-11-22)25-17-8-12-24-13-9-17/h2-5,16-17H,6-13H2,1H3. The van der Waals surface area contributed by atoms with E-state index < -0.39 is 0 Å². The van der Waals surface area contributed by atoms with Crippen molar-refractivity contribution in [2.75, 3.05) is 31.2 Å². The van der Waals surface area contributed by atoms with Crippen LogP contribution in [0.2, 0.25) is 0 Å². The van der Waals surface area contributed by atoms with Crippen LogP contribution in [0.15, 0.2) is 24.3 Å². The SMILES string of the molecule is Cc1ccc(-n2nnnc2N2CCC(OC3CCOCC3)CC2)cc1. The Bertz CT molecular complexity index is 673. The zero-order valence-electron chi connectivity index (χ0n) is 14.7. The minimum atomic E-state index is 0.336. The van der Waals surface area contributed by atoms with Gasteiger partial charge in [-0.1, -0.05) is 22.8 Å². The lowest BCUT2D eigenvalue weighted by Gasteiger charge is -2.34. The van der Waals surface area contributed by atoms with Crippen LogP contribution in [0.25, 0.3) is 5.69 Å². The molecule has 0 amide bonds. The molecule has 0 saturated carbocycles. The Balaban J connectivity index is 1.38. The van der Waals surface area contributed by atoms with Crippen molar-refractivity contribution in [1.82, 2.24) is 20.2 Å². The van der Waals surface area contributed by atoms with Crippen LogP contribution in [0, 0.1) is 6.92 Å². The molecule has 0 N–H and O–H groups in total.